The van der Waals surface area contributed by atoms with Crippen molar-refractivity contribution in [2.45, 2.75) is 4.21 Å². The monoisotopic (exact) mass is 346 g/mol. The Balaban J connectivity index is 0.00000180. The van der Waals surface area contributed by atoms with E-state index in [9.17, 15) is 8.42 Å². The summed E-state index contributed by atoms with van der Waals surface area (Å²) in [5.74, 6) is 0. The van der Waals surface area contributed by atoms with E-state index in [4.69, 9.17) is 16.3 Å². The summed E-state index contributed by atoms with van der Waals surface area (Å²) in [5, 5.41) is 0. The summed E-state index contributed by atoms with van der Waals surface area (Å²) in [6.07, 6.45) is 0. The molecular formula is C10H16Cl2N2O3S2. The Labute approximate surface area is 128 Å². The molecule has 0 bridgehead atoms. The number of nitrogens with zero attached hydrogens (tertiary/aromatic N) is 1. The summed E-state index contributed by atoms with van der Waals surface area (Å²) < 4.78 is 32.3. The van der Waals surface area contributed by atoms with Crippen LogP contribution < -0.4 is 4.72 Å². The van der Waals surface area contributed by atoms with E-state index in [0.717, 1.165) is 24.4 Å². The maximum absolute atomic E-state index is 11.9. The highest BCUT2D eigenvalue weighted by atomic mass is 35.5. The molecule has 0 aromatic carbocycles. The van der Waals surface area contributed by atoms with Gasteiger partial charge in [-0.3, -0.25) is 4.90 Å². The van der Waals surface area contributed by atoms with Crippen molar-refractivity contribution in [2.75, 3.05) is 39.4 Å². The standard InChI is InChI=1S/C10H15ClN2O3S2.ClH/c11-9-1-2-10(17-9)18(14,15)12-3-4-13-5-7-16-8-6-13;/h1-2,12H,3-8H2;1H. The van der Waals surface area contributed by atoms with Gasteiger partial charge in [0.2, 0.25) is 10.0 Å². The lowest BCUT2D eigenvalue weighted by Gasteiger charge is -2.26. The third-order valence-corrected chi connectivity index (χ3v) is 5.82. The average molecular weight is 347 g/mol. The van der Waals surface area contributed by atoms with E-state index < -0.39 is 10.0 Å². The first-order valence-corrected chi connectivity index (χ1v) is 8.31. The fourth-order valence-corrected chi connectivity index (χ4v) is 4.22. The number of halogens is 2. The van der Waals surface area contributed by atoms with Crippen molar-refractivity contribution in [1.29, 1.82) is 0 Å². The van der Waals surface area contributed by atoms with Gasteiger partial charge in [0.05, 0.1) is 17.6 Å². The Morgan fingerprint density at radius 2 is 2.05 bits per heavy atom. The van der Waals surface area contributed by atoms with Gasteiger partial charge in [-0.15, -0.1) is 23.7 Å². The second-order valence-electron chi connectivity index (χ2n) is 3.91. The molecule has 1 fully saturated rings. The molecule has 5 nitrogen and oxygen atoms in total. The fraction of sp³-hybridized carbons (Fsp3) is 0.600. The van der Waals surface area contributed by atoms with Gasteiger partial charge in [0, 0.05) is 26.2 Å². The third kappa shape index (κ3) is 5.18. The van der Waals surface area contributed by atoms with Gasteiger partial charge in [-0.05, 0) is 12.1 Å². The van der Waals surface area contributed by atoms with Crippen LogP contribution in [0.2, 0.25) is 4.34 Å². The Morgan fingerprint density at radius 3 is 2.63 bits per heavy atom. The van der Waals surface area contributed by atoms with Crippen LogP contribution in [0.15, 0.2) is 16.3 Å². The van der Waals surface area contributed by atoms with Crippen molar-refractivity contribution in [3.63, 3.8) is 0 Å². The third-order valence-electron chi connectivity index (χ3n) is 2.64. The van der Waals surface area contributed by atoms with E-state index in [2.05, 4.69) is 9.62 Å². The quantitative estimate of drug-likeness (QED) is 0.876. The highest BCUT2D eigenvalue weighted by molar-refractivity contribution is 7.91. The molecule has 0 atom stereocenters. The number of hydrogen-bond acceptors (Lipinski definition) is 5. The summed E-state index contributed by atoms with van der Waals surface area (Å²) in [6, 6.07) is 3.10. The lowest BCUT2D eigenvalue weighted by molar-refractivity contribution is 0.0390. The van der Waals surface area contributed by atoms with Gasteiger partial charge in [0.25, 0.3) is 0 Å². The van der Waals surface area contributed by atoms with Crippen LogP contribution in [-0.4, -0.2) is 52.7 Å². The zero-order valence-corrected chi connectivity index (χ0v) is 13.4. The Kier molecular flexibility index (Phi) is 7.02. The summed E-state index contributed by atoms with van der Waals surface area (Å²) in [6.45, 7) is 4.24. The molecule has 1 aromatic heterocycles. The first-order valence-electron chi connectivity index (χ1n) is 5.63. The molecule has 1 aliphatic rings. The molecular weight excluding hydrogens is 331 g/mol. The lowest BCUT2D eigenvalue weighted by atomic mass is 10.4. The molecule has 0 saturated carbocycles. The van der Waals surface area contributed by atoms with E-state index in [1.807, 2.05) is 0 Å². The highest BCUT2D eigenvalue weighted by Gasteiger charge is 2.17. The van der Waals surface area contributed by atoms with Crippen LogP contribution in [0.5, 0.6) is 0 Å². The first kappa shape index (κ1) is 17.2. The number of sulfonamides is 1. The van der Waals surface area contributed by atoms with Gasteiger partial charge in [0.15, 0.2) is 0 Å². The van der Waals surface area contributed by atoms with Crippen molar-refractivity contribution in [2.24, 2.45) is 0 Å². The number of ether oxygens (including phenoxy) is 1. The van der Waals surface area contributed by atoms with Crippen molar-refractivity contribution >= 4 is 45.4 Å². The molecule has 0 aliphatic carbocycles. The molecule has 9 heteroatoms. The predicted molar refractivity (Wildman–Crippen MR) is 79.0 cm³/mol. The maximum Gasteiger partial charge on any atom is 0.250 e. The molecule has 19 heavy (non-hydrogen) atoms. The maximum atomic E-state index is 11.9. The minimum absolute atomic E-state index is 0. The van der Waals surface area contributed by atoms with Crippen LogP contribution in [0.1, 0.15) is 0 Å². The molecule has 0 unspecified atom stereocenters. The second-order valence-corrected chi connectivity index (χ2v) is 7.62. The Hall–Kier alpha value is 0.110. The smallest absolute Gasteiger partial charge is 0.250 e. The Morgan fingerprint density at radius 1 is 1.37 bits per heavy atom. The average Bonchev–Trinajstić information content (AvgIpc) is 2.78. The minimum atomic E-state index is -3.41. The lowest BCUT2D eigenvalue weighted by Crippen LogP contribution is -2.41. The SMILES string of the molecule is Cl.O=S(=O)(NCCN1CCOCC1)c1ccc(Cl)s1. The largest absolute Gasteiger partial charge is 0.379 e. The summed E-state index contributed by atoms with van der Waals surface area (Å²) in [7, 11) is -3.41. The van der Waals surface area contributed by atoms with Crippen LogP contribution in [0.3, 0.4) is 0 Å². The van der Waals surface area contributed by atoms with Gasteiger partial charge in [-0.1, -0.05) is 11.6 Å². The van der Waals surface area contributed by atoms with Gasteiger partial charge < -0.3 is 4.74 Å². The van der Waals surface area contributed by atoms with Gasteiger partial charge in [-0.2, -0.15) is 0 Å². The van der Waals surface area contributed by atoms with E-state index in [0.29, 0.717) is 30.6 Å². The number of morpholine rings is 1. The zero-order chi connectivity index (χ0) is 13.0. The summed E-state index contributed by atoms with van der Waals surface area (Å²) in [4.78, 5) is 2.17. The van der Waals surface area contributed by atoms with E-state index in [-0.39, 0.29) is 16.6 Å². The first-order chi connectivity index (χ1) is 8.58. The van der Waals surface area contributed by atoms with Crippen LogP contribution in [0.4, 0.5) is 0 Å². The number of nitrogens with one attached hydrogen (secondary N) is 1. The molecule has 1 aromatic rings. The normalized spacial score (nSPS) is 17.1. The van der Waals surface area contributed by atoms with Crippen molar-refractivity contribution in [1.82, 2.24) is 9.62 Å². The second kappa shape index (κ2) is 7.78. The predicted octanol–water partition coefficient (Wildman–Crippen LogP) is 1.43. The van der Waals surface area contributed by atoms with Gasteiger partial charge >= 0.3 is 0 Å². The van der Waals surface area contributed by atoms with Crippen LogP contribution >= 0.6 is 35.3 Å². The molecule has 1 N–H and O–H groups in total. The highest BCUT2D eigenvalue weighted by Crippen LogP contribution is 2.25. The molecule has 2 heterocycles. The molecule has 1 aliphatic heterocycles. The molecule has 0 amide bonds. The number of thiophene rings is 1. The molecule has 0 spiro atoms. The number of rotatable bonds is 5. The van der Waals surface area contributed by atoms with Crippen LogP contribution in [0.25, 0.3) is 0 Å². The van der Waals surface area contributed by atoms with Crippen LogP contribution in [-0.2, 0) is 14.8 Å². The molecule has 0 radical (unpaired) electrons. The van der Waals surface area contributed by atoms with Crippen molar-refractivity contribution in [3.8, 4) is 0 Å². The van der Waals surface area contributed by atoms with Gasteiger partial charge in [-0.25, -0.2) is 13.1 Å². The zero-order valence-electron chi connectivity index (χ0n) is 10.2. The van der Waals surface area contributed by atoms with E-state index >= 15 is 0 Å². The summed E-state index contributed by atoms with van der Waals surface area (Å²) >= 11 is 6.79. The Bertz CT molecular complexity index is 487. The minimum Gasteiger partial charge on any atom is -0.379 e. The molecule has 2 rings (SSSR count). The fourth-order valence-electron chi connectivity index (χ4n) is 1.68. The van der Waals surface area contributed by atoms with Gasteiger partial charge in [0.1, 0.15) is 4.21 Å². The topological polar surface area (TPSA) is 58.6 Å². The molecule has 1 saturated heterocycles. The van der Waals surface area contributed by atoms with Crippen LogP contribution in [0, 0.1) is 0 Å². The summed E-state index contributed by atoms with van der Waals surface area (Å²) in [5.41, 5.74) is 0. The number of hydrogen-bond donors (Lipinski definition) is 1. The van der Waals surface area contributed by atoms with Crippen molar-refractivity contribution in [3.05, 3.63) is 16.5 Å². The van der Waals surface area contributed by atoms with E-state index in [1.165, 1.54) is 6.07 Å². The van der Waals surface area contributed by atoms with Crippen molar-refractivity contribution < 1.29 is 13.2 Å². The molecule has 110 valence electrons. The van der Waals surface area contributed by atoms with E-state index in [1.54, 1.807) is 6.07 Å².